The fraction of sp³-hybridized carbons (Fsp3) is 0.400. The number of alkyl halides is 3. The number of ether oxygens (including phenoxy) is 1. The summed E-state index contributed by atoms with van der Waals surface area (Å²) >= 11 is 5.97. The maximum atomic E-state index is 13.1. The molecule has 4 rings (SSSR count). The Morgan fingerprint density at radius 1 is 1.16 bits per heavy atom. The van der Waals surface area contributed by atoms with E-state index in [1.807, 2.05) is 0 Å². The molecule has 172 valence electrons. The summed E-state index contributed by atoms with van der Waals surface area (Å²) in [7, 11) is -3.90. The van der Waals surface area contributed by atoms with Crippen LogP contribution in [0.2, 0.25) is 5.15 Å². The molecule has 7 nitrogen and oxygen atoms in total. The highest BCUT2D eigenvalue weighted by atomic mass is 35.5. The molecule has 1 aromatic heterocycles. The molecule has 0 bridgehead atoms. The van der Waals surface area contributed by atoms with Gasteiger partial charge in [-0.1, -0.05) is 11.6 Å². The Labute approximate surface area is 187 Å². The summed E-state index contributed by atoms with van der Waals surface area (Å²) in [5, 5.41) is -0.122. The van der Waals surface area contributed by atoms with Crippen LogP contribution >= 0.6 is 11.6 Å². The van der Waals surface area contributed by atoms with Crippen LogP contribution in [-0.4, -0.2) is 56.0 Å². The van der Waals surface area contributed by atoms with E-state index in [4.69, 9.17) is 16.3 Å². The molecule has 0 N–H and O–H groups in total. The number of halogens is 4. The Morgan fingerprint density at radius 2 is 1.88 bits per heavy atom. The van der Waals surface area contributed by atoms with Gasteiger partial charge in [0.05, 0.1) is 5.92 Å². The average molecular weight is 490 g/mol. The van der Waals surface area contributed by atoms with E-state index in [0.717, 1.165) is 0 Å². The van der Waals surface area contributed by atoms with Crippen LogP contribution in [0.4, 0.5) is 18.9 Å². The fourth-order valence-electron chi connectivity index (χ4n) is 4.05. The number of pyridine rings is 1. The molecule has 2 aromatic rings. The van der Waals surface area contributed by atoms with Gasteiger partial charge in [-0.3, -0.25) is 4.79 Å². The van der Waals surface area contributed by atoms with Gasteiger partial charge < -0.3 is 9.64 Å². The van der Waals surface area contributed by atoms with Crippen molar-refractivity contribution in [1.82, 2.24) is 9.29 Å². The zero-order chi connectivity index (χ0) is 23.1. The highest BCUT2D eigenvalue weighted by molar-refractivity contribution is 7.89. The number of hydrogen-bond donors (Lipinski definition) is 0. The van der Waals surface area contributed by atoms with Crippen LogP contribution in [0.15, 0.2) is 47.5 Å². The number of carbonyl (C=O) groups is 1. The van der Waals surface area contributed by atoms with Crippen molar-refractivity contribution in [2.75, 3.05) is 31.1 Å². The van der Waals surface area contributed by atoms with Crippen LogP contribution in [-0.2, 0) is 14.8 Å². The van der Waals surface area contributed by atoms with Crippen LogP contribution in [0.25, 0.3) is 0 Å². The van der Waals surface area contributed by atoms with Crippen molar-refractivity contribution < 1.29 is 31.1 Å². The Morgan fingerprint density at radius 3 is 2.53 bits per heavy atom. The summed E-state index contributed by atoms with van der Waals surface area (Å²) in [5.41, 5.74) is 0.518. The summed E-state index contributed by atoms with van der Waals surface area (Å²) in [6.07, 6.45) is -2.45. The maximum absolute atomic E-state index is 13.1. The molecule has 1 amide bonds. The molecule has 2 aliphatic rings. The van der Waals surface area contributed by atoms with Crippen molar-refractivity contribution in [3.05, 3.63) is 47.7 Å². The topological polar surface area (TPSA) is 79.8 Å². The first-order chi connectivity index (χ1) is 15.1. The molecule has 32 heavy (non-hydrogen) atoms. The zero-order valence-corrected chi connectivity index (χ0v) is 18.2. The van der Waals surface area contributed by atoms with Gasteiger partial charge >= 0.3 is 6.18 Å². The molecule has 2 aliphatic heterocycles. The van der Waals surface area contributed by atoms with Gasteiger partial charge in [0.1, 0.15) is 15.8 Å². The van der Waals surface area contributed by atoms with Gasteiger partial charge in [0, 0.05) is 31.5 Å². The Hall–Kier alpha value is -2.37. The first-order valence-corrected chi connectivity index (χ1v) is 11.6. The number of nitrogens with zero attached hydrogens (tertiary/aromatic N) is 3. The molecule has 12 heteroatoms. The summed E-state index contributed by atoms with van der Waals surface area (Å²) in [5.74, 6) is -0.825. The molecule has 3 heterocycles. The predicted molar refractivity (Wildman–Crippen MR) is 110 cm³/mol. The van der Waals surface area contributed by atoms with E-state index in [2.05, 4.69) is 4.98 Å². The van der Waals surface area contributed by atoms with Crippen molar-refractivity contribution in [3.8, 4) is 5.75 Å². The molecule has 2 atom stereocenters. The Bertz CT molecular complexity index is 1110. The summed E-state index contributed by atoms with van der Waals surface area (Å²) in [4.78, 5) is 18.4. The highest BCUT2D eigenvalue weighted by Crippen LogP contribution is 2.37. The molecule has 0 spiro atoms. The number of piperidine rings is 1. The third kappa shape index (κ3) is 4.55. The molecule has 2 saturated heterocycles. The first-order valence-electron chi connectivity index (χ1n) is 9.78. The Kier molecular flexibility index (Phi) is 6.08. The van der Waals surface area contributed by atoms with E-state index in [0.29, 0.717) is 18.7 Å². The average Bonchev–Trinajstić information content (AvgIpc) is 3.19. The molecule has 0 radical (unpaired) electrons. The second kappa shape index (κ2) is 8.53. The number of sulfonamides is 1. The minimum Gasteiger partial charge on any atom is -0.484 e. The third-order valence-corrected chi connectivity index (χ3v) is 7.88. The van der Waals surface area contributed by atoms with E-state index in [1.165, 1.54) is 51.8 Å². The van der Waals surface area contributed by atoms with Gasteiger partial charge in [-0.25, -0.2) is 13.4 Å². The summed E-state index contributed by atoms with van der Waals surface area (Å²) in [6.45, 7) is -0.781. The monoisotopic (exact) mass is 489 g/mol. The van der Waals surface area contributed by atoms with Gasteiger partial charge in [0.25, 0.3) is 0 Å². The van der Waals surface area contributed by atoms with Crippen LogP contribution in [0.3, 0.4) is 0 Å². The van der Waals surface area contributed by atoms with Crippen LogP contribution in [0, 0.1) is 11.8 Å². The molecular weight excluding hydrogens is 471 g/mol. The first kappa shape index (κ1) is 22.8. The number of hydrogen-bond acceptors (Lipinski definition) is 5. The lowest BCUT2D eigenvalue weighted by molar-refractivity contribution is -0.153. The smallest absolute Gasteiger partial charge is 0.422 e. The van der Waals surface area contributed by atoms with Gasteiger partial charge in [-0.05, 0) is 48.7 Å². The minimum absolute atomic E-state index is 0.0281. The molecule has 0 aliphatic carbocycles. The molecule has 2 fully saturated rings. The third-order valence-electron chi connectivity index (χ3n) is 5.61. The molecule has 1 aromatic carbocycles. The van der Waals surface area contributed by atoms with Crippen LogP contribution in [0.1, 0.15) is 6.42 Å². The number of fused-ring (bicyclic) bond motifs is 1. The fourth-order valence-corrected chi connectivity index (χ4v) is 6.00. The number of anilines is 1. The minimum atomic E-state index is -4.44. The van der Waals surface area contributed by atoms with E-state index < -0.39 is 28.7 Å². The van der Waals surface area contributed by atoms with Crippen molar-refractivity contribution in [2.24, 2.45) is 11.8 Å². The van der Waals surface area contributed by atoms with Gasteiger partial charge in [-0.15, -0.1) is 0 Å². The lowest BCUT2D eigenvalue weighted by atomic mass is 9.87. The van der Waals surface area contributed by atoms with Gasteiger partial charge in [0.2, 0.25) is 15.9 Å². The van der Waals surface area contributed by atoms with Crippen molar-refractivity contribution in [1.29, 1.82) is 0 Å². The zero-order valence-electron chi connectivity index (χ0n) is 16.6. The number of aromatic nitrogens is 1. The van der Waals surface area contributed by atoms with Crippen LogP contribution in [0.5, 0.6) is 5.75 Å². The highest BCUT2D eigenvalue weighted by Gasteiger charge is 2.47. The van der Waals surface area contributed by atoms with Crippen molar-refractivity contribution in [3.63, 3.8) is 0 Å². The van der Waals surface area contributed by atoms with E-state index in [1.54, 1.807) is 0 Å². The molecule has 2 unspecified atom stereocenters. The quantitative estimate of drug-likeness (QED) is 0.602. The normalized spacial score (nSPS) is 22.1. The lowest BCUT2D eigenvalue weighted by Crippen LogP contribution is -2.45. The van der Waals surface area contributed by atoms with Gasteiger partial charge in [-0.2, -0.15) is 17.5 Å². The van der Waals surface area contributed by atoms with Crippen molar-refractivity contribution >= 4 is 33.2 Å². The lowest BCUT2D eigenvalue weighted by Gasteiger charge is -2.33. The standard InChI is InChI=1S/C20H19ClF3N3O4S/c21-18-17(2-1-8-25-18)32(29,30)26-10-13-7-9-27(19(28)16(13)11-26)14-3-5-15(6-4-14)31-12-20(22,23)24/h1-6,8,13,16H,7,9-12H2. The van der Waals surface area contributed by atoms with E-state index >= 15 is 0 Å². The number of rotatable bonds is 5. The second-order valence-corrected chi connectivity index (χ2v) is 9.92. The summed E-state index contributed by atoms with van der Waals surface area (Å²) in [6, 6.07) is 8.64. The second-order valence-electron chi connectivity index (χ2n) is 7.66. The SMILES string of the molecule is O=C1C2CN(S(=O)(=O)c3cccnc3Cl)CC2CCN1c1ccc(OCC(F)(F)F)cc1. The predicted octanol–water partition coefficient (Wildman–Crippen LogP) is 3.35. The number of carbonyl (C=O) groups excluding carboxylic acids is 1. The van der Waals surface area contributed by atoms with E-state index in [9.17, 15) is 26.4 Å². The number of benzene rings is 1. The molecule has 0 saturated carbocycles. The summed E-state index contributed by atoms with van der Waals surface area (Å²) < 4.78 is 68.9. The molecular formula is C20H19ClF3N3O4S. The van der Waals surface area contributed by atoms with Crippen LogP contribution < -0.4 is 9.64 Å². The van der Waals surface area contributed by atoms with Gasteiger partial charge in [0.15, 0.2) is 6.61 Å². The van der Waals surface area contributed by atoms with E-state index in [-0.39, 0.29) is 40.7 Å². The Balaban J connectivity index is 1.47. The van der Waals surface area contributed by atoms with Crippen molar-refractivity contribution in [2.45, 2.75) is 17.5 Å². The number of amides is 1. The largest absolute Gasteiger partial charge is 0.484 e. The maximum Gasteiger partial charge on any atom is 0.422 e.